The first-order chi connectivity index (χ1) is 32.9. The van der Waals surface area contributed by atoms with Gasteiger partial charge in [0.25, 0.3) is 5.91 Å². The Morgan fingerprint density at radius 1 is 0.559 bits per heavy atom. The van der Waals surface area contributed by atoms with Gasteiger partial charge in [0, 0.05) is 36.2 Å². The summed E-state index contributed by atoms with van der Waals surface area (Å²) in [5.74, 6) is -5.81. The maximum atomic E-state index is 14.6. The number of aliphatic hydroxyl groups excluding tert-OH is 1. The number of benzene rings is 5. The van der Waals surface area contributed by atoms with Crippen molar-refractivity contribution in [2.45, 2.75) is 69.0 Å². The number of aliphatic hydroxyl groups is 1. The number of nitrogens with one attached hydrogen (secondary N) is 5. The molecular formula is C52H49N5O10S. The van der Waals surface area contributed by atoms with Crippen LogP contribution >= 0.6 is 11.3 Å². The van der Waals surface area contributed by atoms with E-state index in [0.29, 0.717) is 22.3 Å². The summed E-state index contributed by atoms with van der Waals surface area (Å²) >= 11 is 1.34. The van der Waals surface area contributed by atoms with Crippen LogP contribution in [-0.2, 0) is 65.8 Å². The van der Waals surface area contributed by atoms with Crippen molar-refractivity contribution in [3.8, 4) is 11.1 Å². The molecule has 0 unspecified atom stereocenters. The van der Waals surface area contributed by atoms with Gasteiger partial charge in [0.2, 0.25) is 23.6 Å². The third kappa shape index (κ3) is 13.6. The number of aliphatic carboxylic acids is 1. The highest BCUT2D eigenvalue weighted by molar-refractivity contribution is 7.09. The van der Waals surface area contributed by atoms with E-state index in [0.717, 1.165) is 21.6 Å². The number of carbonyl (C=O) groups excluding carboxylic acids is 6. The van der Waals surface area contributed by atoms with Gasteiger partial charge in [0.05, 0.1) is 12.0 Å². The zero-order valence-electron chi connectivity index (χ0n) is 36.6. The van der Waals surface area contributed by atoms with Gasteiger partial charge in [-0.25, -0.2) is 9.59 Å². The number of ether oxygens (including phenoxy) is 1. The van der Waals surface area contributed by atoms with Gasteiger partial charge in [-0.1, -0.05) is 115 Å². The minimum atomic E-state index is -1.80. The number of fused-ring (bicyclic) bond motifs is 18. The summed E-state index contributed by atoms with van der Waals surface area (Å²) in [7, 11) is 0. The summed E-state index contributed by atoms with van der Waals surface area (Å²) in [5.41, 5.74) is 4.84. The predicted octanol–water partition coefficient (Wildman–Crippen LogP) is 4.77. The largest absolute Gasteiger partial charge is 0.480 e. The molecule has 0 aliphatic carbocycles. The number of carbonyl (C=O) groups is 7. The molecule has 15 nitrogen and oxygen atoms in total. The van der Waals surface area contributed by atoms with Gasteiger partial charge in [0.15, 0.2) is 0 Å². The van der Waals surface area contributed by atoms with Crippen molar-refractivity contribution in [2.75, 3.05) is 5.32 Å². The van der Waals surface area contributed by atoms with Gasteiger partial charge < -0.3 is 41.5 Å². The molecule has 1 aromatic heterocycles. The third-order valence-electron chi connectivity index (χ3n) is 11.2. The fourth-order valence-corrected chi connectivity index (χ4v) is 8.26. The van der Waals surface area contributed by atoms with Gasteiger partial charge in [-0.15, -0.1) is 11.3 Å². The molecule has 348 valence electrons. The average Bonchev–Trinajstić information content (AvgIpc) is 3.86. The van der Waals surface area contributed by atoms with Crippen LogP contribution in [0, 0.1) is 0 Å². The van der Waals surface area contributed by atoms with Crippen LogP contribution in [-0.4, -0.2) is 82.0 Å². The Kier molecular flexibility index (Phi) is 16.2. The molecule has 5 amide bonds. The van der Waals surface area contributed by atoms with Gasteiger partial charge >= 0.3 is 11.9 Å². The Morgan fingerprint density at radius 3 is 1.68 bits per heavy atom. The van der Waals surface area contributed by atoms with E-state index in [1.165, 1.54) is 23.5 Å². The second-order valence-corrected chi connectivity index (χ2v) is 17.3. The molecule has 6 aromatic rings. The molecule has 8 rings (SSSR count). The molecule has 7 N–H and O–H groups in total. The van der Waals surface area contributed by atoms with Gasteiger partial charge in [-0.2, -0.15) is 0 Å². The molecule has 0 spiro atoms. The lowest BCUT2D eigenvalue weighted by Crippen LogP contribution is -2.59. The normalized spacial score (nSPS) is 19.5. The topological polar surface area (TPSA) is 229 Å². The Balaban J connectivity index is 1.17. The number of anilines is 1. The minimum Gasteiger partial charge on any atom is -0.480 e. The van der Waals surface area contributed by atoms with Crippen LogP contribution in [0.3, 0.4) is 0 Å². The molecule has 0 saturated carbocycles. The van der Waals surface area contributed by atoms with Crippen molar-refractivity contribution < 1.29 is 48.5 Å². The molecule has 5 atom stereocenters. The number of rotatable bonds is 11. The van der Waals surface area contributed by atoms with E-state index in [1.807, 2.05) is 42.5 Å². The number of hydrogen-bond donors (Lipinski definition) is 7. The Bertz CT molecular complexity index is 2700. The van der Waals surface area contributed by atoms with Gasteiger partial charge in [0.1, 0.15) is 36.9 Å². The standard InChI is InChI=1S/C52H49N5O10S/c58-45-30-46(59)54-43(29-40-12-7-25-68-40)49(62)56-42(27-33-13-17-36(18-14-33)37-19-21-38(22-20-37)52(66)67-31-35-10-5-2-6-11-35)47(60)55-41(26-32-8-3-1-4-9-32)48(61)57-44(51(64)65)28-34-15-23-39(24-16-34)53-50(45)63/h1-25,41-45,58H,26-31H2,(H,53,63)(H,54,59)(H,55,60)(H,56,62)(H,57,61)(H,64,65)/t41-,42+,43-,44+,45-/m1/s1. The van der Waals surface area contributed by atoms with Crippen LogP contribution in [0.15, 0.2) is 151 Å². The summed E-state index contributed by atoms with van der Waals surface area (Å²) in [6.07, 6.45) is -2.76. The monoisotopic (exact) mass is 935 g/mol. The van der Waals surface area contributed by atoms with Crippen LogP contribution < -0.4 is 26.6 Å². The van der Waals surface area contributed by atoms with Crippen LogP contribution in [0.1, 0.15) is 43.9 Å². The predicted molar refractivity (Wildman–Crippen MR) is 254 cm³/mol. The first-order valence-electron chi connectivity index (χ1n) is 21.8. The van der Waals surface area contributed by atoms with Crippen molar-refractivity contribution in [2.24, 2.45) is 0 Å². The number of carboxylic acids is 1. The zero-order valence-corrected chi connectivity index (χ0v) is 37.4. The summed E-state index contributed by atoms with van der Waals surface area (Å²) in [6.45, 7) is 0.137. The van der Waals surface area contributed by atoms with Crippen molar-refractivity contribution >= 4 is 58.5 Å². The molecule has 2 aliphatic heterocycles. The molecule has 0 radical (unpaired) electrons. The van der Waals surface area contributed by atoms with Gasteiger partial charge in [-0.05, 0) is 69.1 Å². The summed E-state index contributed by atoms with van der Waals surface area (Å²) < 4.78 is 5.47. The van der Waals surface area contributed by atoms with Crippen molar-refractivity contribution in [3.63, 3.8) is 0 Å². The number of carboxylic acid groups (broad SMARTS) is 1. The highest BCUT2D eigenvalue weighted by Crippen LogP contribution is 2.22. The van der Waals surface area contributed by atoms with Crippen molar-refractivity contribution in [1.29, 1.82) is 0 Å². The highest BCUT2D eigenvalue weighted by atomic mass is 32.1. The molecule has 2 bridgehead atoms. The summed E-state index contributed by atoms with van der Waals surface area (Å²) in [6, 6.07) is 36.5. The SMILES string of the molecule is O=C1C[C@@H](O)C(=O)Nc2ccc(cc2)C[C@@H](C(=O)O)NC(=O)[C@@H](Cc2ccccc2)NC(=O)[C@H](Cc2ccc(-c3ccc(C(=O)OCc4ccccc4)cc3)cc2)NC(=O)[C@@H](Cc2cccs2)N1. The fourth-order valence-electron chi connectivity index (χ4n) is 7.51. The molecule has 0 saturated heterocycles. The molecule has 68 heavy (non-hydrogen) atoms. The molecule has 0 fully saturated rings. The van der Waals surface area contributed by atoms with Crippen molar-refractivity contribution in [1.82, 2.24) is 21.3 Å². The maximum Gasteiger partial charge on any atom is 0.338 e. The molecule has 3 heterocycles. The number of thiophene rings is 1. The first kappa shape index (κ1) is 48.0. The second kappa shape index (κ2) is 23.0. The highest BCUT2D eigenvalue weighted by Gasteiger charge is 2.33. The van der Waals surface area contributed by atoms with E-state index in [-0.39, 0.29) is 38.0 Å². The molecule has 16 heteroatoms. The Morgan fingerprint density at radius 2 is 1.10 bits per heavy atom. The number of amides is 5. The van der Waals surface area contributed by atoms with E-state index in [9.17, 15) is 43.8 Å². The summed E-state index contributed by atoms with van der Waals surface area (Å²) in [5, 5.41) is 36.0. The maximum absolute atomic E-state index is 14.6. The van der Waals surface area contributed by atoms with Gasteiger partial charge in [-0.3, -0.25) is 24.0 Å². The number of esters is 1. The average molecular weight is 936 g/mol. The minimum absolute atomic E-state index is 0.00602. The van der Waals surface area contributed by atoms with Crippen molar-refractivity contribution in [3.05, 3.63) is 184 Å². The van der Waals surface area contributed by atoms with E-state index in [2.05, 4.69) is 26.6 Å². The van der Waals surface area contributed by atoms with E-state index in [4.69, 9.17) is 4.74 Å². The molecule has 5 aromatic carbocycles. The van der Waals surface area contributed by atoms with Crippen LogP contribution in [0.2, 0.25) is 0 Å². The lowest BCUT2D eigenvalue weighted by Gasteiger charge is -2.26. The van der Waals surface area contributed by atoms with Crippen LogP contribution in [0.5, 0.6) is 0 Å². The molecular weight excluding hydrogens is 887 g/mol. The van der Waals surface area contributed by atoms with Crippen LogP contribution in [0.4, 0.5) is 5.69 Å². The van der Waals surface area contributed by atoms with E-state index in [1.54, 1.807) is 96.4 Å². The van der Waals surface area contributed by atoms with Crippen LogP contribution in [0.25, 0.3) is 11.1 Å². The fraction of sp³-hybridized carbons (Fsp3) is 0.212. The summed E-state index contributed by atoms with van der Waals surface area (Å²) in [4.78, 5) is 95.4. The van der Waals surface area contributed by atoms with E-state index >= 15 is 0 Å². The Labute approximate surface area is 396 Å². The Hall–Kier alpha value is -7.95. The smallest absolute Gasteiger partial charge is 0.338 e. The third-order valence-corrected chi connectivity index (χ3v) is 12.1. The first-order valence-corrected chi connectivity index (χ1v) is 22.7. The lowest BCUT2D eigenvalue weighted by atomic mass is 9.98. The lowest BCUT2D eigenvalue weighted by molar-refractivity contribution is -0.142. The number of hydrogen-bond acceptors (Lipinski definition) is 10. The molecule has 2 aliphatic rings. The van der Waals surface area contributed by atoms with E-state index < -0.39 is 78.2 Å². The second-order valence-electron chi connectivity index (χ2n) is 16.3. The zero-order chi connectivity index (χ0) is 48.0. The quantitative estimate of drug-likeness (QED) is 0.0696.